The molecule has 2 aromatic rings. The second-order valence-corrected chi connectivity index (χ2v) is 3.83. The Labute approximate surface area is 110 Å². The van der Waals surface area contributed by atoms with Gasteiger partial charge in [-0.25, -0.2) is 0 Å². The molecule has 106 valence electrons. The highest BCUT2D eigenvalue weighted by Gasteiger charge is 2.31. The van der Waals surface area contributed by atoms with Crippen LogP contribution in [0.2, 0.25) is 0 Å². The molecule has 0 aliphatic heterocycles. The third-order valence-electron chi connectivity index (χ3n) is 2.44. The van der Waals surface area contributed by atoms with Crippen LogP contribution in [0.4, 0.5) is 18.9 Å². The predicted molar refractivity (Wildman–Crippen MR) is 61.3 cm³/mol. The minimum Gasteiger partial charge on any atom is -0.398 e. The predicted octanol–water partition coefficient (Wildman–Crippen LogP) is 1.60. The molecule has 0 radical (unpaired) electrons. The van der Waals surface area contributed by atoms with E-state index < -0.39 is 17.6 Å². The summed E-state index contributed by atoms with van der Waals surface area (Å²) in [6, 6.07) is 2.54. The zero-order valence-corrected chi connectivity index (χ0v) is 9.94. The van der Waals surface area contributed by atoms with Crippen molar-refractivity contribution < 1.29 is 22.5 Å². The van der Waals surface area contributed by atoms with Crippen LogP contribution in [0.3, 0.4) is 0 Å². The highest BCUT2D eigenvalue weighted by atomic mass is 19.4. The Hall–Kier alpha value is -2.58. The van der Waals surface area contributed by atoms with E-state index in [9.17, 15) is 18.0 Å². The van der Waals surface area contributed by atoms with Gasteiger partial charge in [-0.15, -0.1) is 0 Å². The quantitative estimate of drug-likeness (QED) is 0.836. The summed E-state index contributed by atoms with van der Waals surface area (Å²) in [4.78, 5) is 15.5. The Morgan fingerprint density at radius 2 is 2.15 bits per heavy atom. The molecule has 0 saturated heterocycles. The van der Waals surface area contributed by atoms with Crippen molar-refractivity contribution in [2.75, 3.05) is 5.73 Å². The van der Waals surface area contributed by atoms with Crippen LogP contribution in [-0.2, 0) is 12.7 Å². The van der Waals surface area contributed by atoms with Gasteiger partial charge >= 0.3 is 6.18 Å². The number of carbonyl (C=O) groups is 1. The standard InChI is InChI=1S/C11H9F3N4O2/c12-11(13,14)6-1-2-8(15)7(3-6)10(19)16-4-9-17-5-20-18-9/h1-3,5H,4,15H2,(H,16,19). The molecular weight excluding hydrogens is 277 g/mol. The molecule has 9 heteroatoms. The van der Waals surface area contributed by atoms with Crippen LogP contribution in [-0.4, -0.2) is 16.0 Å². The minimum atomic E-state index is -4.55. The van der Waals surface area contributed by atoms with Gasteiger partial charge in [0, 0.05) is 5.69 Å². The summed E-state index contributed by atoms with van der Waals surface area (Å²) in [5, 5.41) is 5.80. The molecule has 0 spiro atoms. The normalized spacial score (nSPS) is 11.3. The van der Waals surface area contributed by atoms with Gasteiger partial charge in [-0.2, -0.15) is 18.2 Å². The van der Waals surface area contributed by atoms with E-state index in [1.54, 1.807) is 0 Å². The van der Waals surface area contributed by atoms with Crippen LogP contribution in [0.25, 0.3) is 0 Å². The van der Waals surface area contributed by atoms with Gasteiger partial charge in [0.15, 0.2) is 5.82 Å². The largest absolute Gasteiger partial charge is 0.416 e. The molecule has 1 amide bonds. The van der Waals surface area contributed by atoms with Crippen LogP contribution in [0, 0.1) is 0 Å². The van der Waals surface area contributed by atoms with Crippen LogP contribution in [0.5, 0.6) is 0 Å². The molecule has 0 bridgehead atoms. The fourth-order valence-corrected chi connectivity index (χ4v) is 1.45. The summed E-state index contributed by atoms with van der Waals surface area (Å²) in [5.41, 5.74) is 4.24. The van der Waals surface area contributed by atoms with E-state index in [1.807, 2.05) is 0 Å². The van der Waals surface area contributed by atoms with E-state index >= 15 is 0 Å². The molecule has 0 fully saturated rings. The number of nitrogen functional groups attached to an aromatic ring is 1. The Balaban J connectivity index is 2.16. The van der Waals surface area contributed by atoms with E-state index in [0.29, 0.717) is 6.07 Å². The zero-order chi connectivity index (χ0) is 14.8. The van der Waals surface area contributed by atoms with Crippen molar-refractivity contribution in [3.8, 4) is 0 Å². The molecule has 6 nitrogen and oxygen atoms in total. The number of nitrogens with one attached hydrogen (secondary N) is 1. The Morgan fingerprint density at radius 3 is 2.75 bits per heavy atom. The maximum Gasteiger partial charge on any atom is 0.416 e. The lowest BCUT2D eigenvalue weighted by molar-refractivity contribution is -0.137. The first-order chi connectivity index (χ1) is 9.38. The molecule has 0 atom stereocenters. The number of nitrogens with zero attached hydrogens (tertiary/aromatic N) is 2. The first kappa shape index (κ1) is 13.8. The third-order valence-corrected chi connectivity index (χ3v) is 2.44. The second-order valence-electron chi connectivity index (χ2n) is 3.83. The lowest BCUT2D eigenvalue weighted by atomic mass is 10.1. The maximum absolute atomic E-state index is 12.6. The van der Waals surface area contributed by atoms with E-state index in [-0.39, 0.29) is 23.6 Å². The van der Waals surface area contributed by atoms with E-state index in [1.165, 1.54) is 0 Å². The summed E-state index contributed by atoms with van der Waals surface area (Å²) in [7, 11) is 0. The number of alkyl halides is 3. The number of halogens is 3. The van der Waals surface area contributed by atoms with Crippen molar-refractivity contribution in [1.82, 2.24) is 15.5 Å². The molecule has 20 heavy (non-hydrogen) atoms. The number of anilines is 1. The second kappa shape index (κ2) is 5.19. The van der Waals surface area contributed by atoms with Crippen molar-refractivity contribution in [3.05, 3.63) is 41.5 Å². The molecule has 2 rings (SSSR count). The number of nitrogens with two attached hydrogens (primary N) is 1. The van der Waals surface area contributed by atoms with Crippen LogP contribution in [0.1, 0.15) is 21.7 Å². The maximum atomic E-state index is 12.6. The zero-order valence-electron chi connectivity index (χ0n) is 9.94. The summed E-state index contributed by atoms with van der Waals surface area (Å²) >= 11 is 0. The SMILES string of the molecule is Nc1ccc(C(F)(F)F)cc1C(=O)NCc1ncon1. The minimum absolute atomic E-state index is 0.0522. The summed E-state index contributed by atoms with van der Waals surface area (Å²) in [5.74, 6) is -0.553. The Kier molecular flexibility index (Phi) is 3.59. The number of rotatable bonds is 3. The summed E-state index contributed by atoms with van der Waals surface area (Å²) in [6.45, 7) is -0.0784. The fraction of sp³-hybridized carbons (Fsp3) is 0.182. The lowest BCUT2D eigenvalue weighted by Crippen LogP contribution is -2.25. The van der Waals surface area contributed by atoms with Crippen molar-refractivity contribution in [3.63, 3.8) is 0 Å². The fourth-order valence-electron chi connectivity index (χ4n) is 1.45. The number of aromatic nitrogens is 2. The van der Waals surface area contributed by atoms with Crippen LogP contribution in [0.15, 0.2) is 29.1 Å². The van der Waals surface area contributed by atoms with Crippen LogP contribution >= 0.6 is 0 Å². The number of amides is 1. The van der Waals surface area contributed by atoms with Gasteiger partial charge in [0.25, 0.3) is 5.91 Å². The first-order valence-corrected chi connectivity index (χ1v) is 5.38. The molecule has 1 heterocycles. The van der Waals surface area contributed by atoms with Crippen LogP contribution < -0.4 is 11.1 Å². The molecule has 1 aromatic heterocycles. The van der Waals surface area contributed by atoms with Gasteiger partial charge in [-0.3, -0.25) is 4.79 Å². The number of hydrogen-bond donors (Lipinski definition) is 2. The average Bonchev–Trinajstić information content (AvgIpc) is 2.88. The highest BCUT2D eigenvalue weighted by molar-refractivity contribution is 5.99. The van der Waals surface area contributed by atoms with Crippen molar-refractivity contribution in [1.29, 1.82) is 0 Å². The van der Waals surface area contributed by atoms with Gasteiger partial charge in [-0.1, -0.05) is 5.16 Å². The topological polar surface area (TPSA) is 94.0 Å². The Bertz CT molecular complexity index is 611. The van der Waals surface area contributed by atoms with Gasteiger partial charge < -0.3 is 15.6 Å². The van der Waals surface area contributed by atoms with Crippen molar-refractivity contribution in [2.45, 2.75) is 12.7 Å². The molecular formula is C11H9F3N4O2. The molecule has 3 N–H and O–H groups in total. The van der Waals surface area contributed by atoms with Gasteiger partial charge in [0.2, 0.25) is 6.39 Å². The van der Waals surface area contributed by atoms with E-state index in [0.717, 1.165) is 18.5 Å². The Morgan fingerprint density at radius 1 is 1.40 bits per heavy atom. The molecule has 0 aliphatic carbocycles. The van der Waals surface area contributed by atoms with Crippen molar-refractivity contribution >= 4 is 11.6 Å². The monoisotopic (exact) mass is 286 g/mol. The molecule has 1 aromatic carbocycles. The lowest BCUT2D eigenvalue weighted by Gasteiger charge is -2.10. The highest BCUT2D eigenvalue weighted by Crippen LogP contribution is 2.31. The van der Waals surface area contributed by atoms with Gasteiger partial charge in [0.05, 0.1) is 17.7 Å². The third kappa shape index (κ3) is 3.05. The summed E-state index contributed by atoms with van der Waals surface area (Å²) in [6.07, 6.45) is -3.48. The number of hydrogen-bond acceptors (Lipinski definition) is 5. The number of benzene rings is 1. The van der Waals surface area contributed by atoms with Gasteiger partial charge in [-0.05, 0) is 18.2 Å². The first-order valence-electron chi connectivity index (χ1n) is 5.38. The van der Waals surface area contributed by atoms with Crippen molar-refractivity contribution in [2.24, 2.45) is 0 Å². The molecule has 0 aliphatic rings. The van der Waals surface area contributed by atoms with E-state index in [2.05, 4.69) is 20.0 Å². The smallest absolute Gasteiger partial charge is 0.398 e. The summed E-state index contributed by atoms with van der Waals surface area (Å²) < 4.78 is 42.2. The van der Waals surface area contributed by atoms with Gasteiger partial charge in [0.1, 0.15) is 0 Å². The molecule has 0 saturated carbocycles. The number of carbonyl (C=O) groups excluding carboxylic acids is 1. The van der Waals surface area contributed by atoms with E-state index in [4.69, 9.17) is 5.73 Å². The molecule has 0 unspecified atom stereocenters. The average molecular weight is 286 g/mol.